The van der Waals surface area contributed by atoms with Crippen molar-refractivity contribution < 1.29 is 5.11 Å². The van der Waals surface area contributed by atoms with Gasteiger partial charge in [-0.3, -0.25) is 0 Å². The number of nitrogens with one attached hydrogen (secondary N) is 1. The Morgan fingerprint density at radius 3 is 2.94 bits per heavy atom. The zero-order valence-electron chi connectivity index (χ0n) is 9.85. The molecule has 1 aliphatic rings. The molecule has 3 nitrogen and oxygen atoms in total. The van der Waals surface area contributed by atoms with Crippen molar-refractivity contribution in [2.24, 2.45) is 0 Å². The molecule has 0 radical (unpaired) electrons. The highest BCUT2D eigenvalue weighted by molar-refractivity contribution is 7.12. The Hall–Kier alpha value is -0.890. The zero-order valence-corrected chi connectivity index (χ0v) is 10.7. The van der Waals surface area contributed by atoms with E-state index in [0.29, 0.717) is 0 Å². The first kappa shape index (κ1) is 12.6. The minimum Gasteiger partial charge on any atom is -0.392 e. The van der Waals surface area contributed by atoms with E-state index in [9.17, 15) is 5.11 Å². The SMILES string of the molecule is N#Cc1ccc(CNC2CCCCCC2O)s1. The van der Waals surface area contributed by atoms with Crippen molar-refractivity contribution in [3.8, 4) is 6.07 Å². The third-order valence-electron chi connectivity index (χ3n) is 3.29. The molecule has 0 amide bonds. The summed E-state index contributed by atoms with van der Waals surface area (Å²) in [5, 5.41) is 22.1. The first-order valence-electron chi connectivity index (χ1n) is 6.20. The lowest BCUT2D eigenvalue weighted by Gasteiger charge is -2.21. The fraction of sp³-hybridized carbons (Fsp3) is 0.615. The highest BCUT2D eigenvalue weighted by atomic mass is 32.1. The first-order chi connectivity index (χ1) is 8.29. The van der Waals surface area contributed by atoms with Gasteiger partial charge in [0.15, 0.2) is 0 Å². The second-order valence-electron chi connectivity index (χ2n) is 4.57. The molecule has 17 heavy (non-hydrogen) atoms. The van der Waals surface area contributed by atoms with Crippen LogP contribution in [0.1, 0.15) is 41.9 Å². The molecule has 0 spiro atoms. The molecule has 1 fully saturated rings. The Morgan fingerprint density at radius 1 is 1.35 bits per heavy atom. The van der Waals surface area contributed by atoms with Crippen LogP contribution in [0.4, 0.5) is 0 Å². The van der Waals surface area contributed by atoms with Crippen LogP contribution < -0.4 is 5.32 Å². The van der Waals surface area contributed by atoms with Crippen LogP contribution in [0.2, 0.25) is 0 Å². The summed E-state index contributed by atoms with van der Waals surface area (Å²) < 4.78 is 0. The minimum absolute atomic E-state index is 0.213. The van der Waals surface area contributed by atoms with E-state index >= 15 is 0 Å². The van der Waals surface area contributed by atoms with Crippen LogP contribution in [0.3, 0.4) is 0 Å². The van der Waals surface area contributed by atoms with Crippen molar-refractivity contribution in [2.45, 2.75) is 50.8 Å². The fourth-order valence-corrected chi connectivity index (χ4v) is 3.05. The highest BCUT2D eigenvalue weighted by Gasteiger charge is 2.20. The summed E-state index contributed by atoms with van der Waals surface area (Å²) in [7, 11) is 0. The van der Waals surface area contributed by atoms with Gasteiger partial charge in [-0.1, -0.05) is 19.3 Å². The minimum atomic E-state index is -0.215. The maximum absolute atomic E-state index is 9.97. The number of hydrogen-bond donors (Lipinski definition) is 2. The molecular formula is C13H18N2OS. The molecule has 0 aromatic carbocycles. The van der Waals surface area contributed by atoms with Crippen LogP contribution >= 0.6 is 11.3 Å². The molecule has 1 aliphatic carbocycles. The maximum Gasteiger partial charge on any atom is 0.110 e. The number of nitrogens with zero attached hydrogens (tertiary/aromatic N) is 1. The predicted molar refractivity (Wildman–Crippen MR) is 68.8 cm³/mol. The van der Waals surface area contributed by atoms with Crippen LogP contribution in [-0.2, 0) is 6.54 Å². The number of rotatable bonds is 3. The first-order valence-corrected chi connectivity index (χ1v) is 7.01. The van der Waals surface area contributed by atoms with E-state index in [2.05, 4.69) is 11.4 Å². The average Bonchev–Trinajstić information content (AvgIpc) is 2.70. The largest absolute Gasteiger partial charge is 0.392 e. The lowest BCUT2D eigenvalue weighted by molar-refractivity contribution is 0.119. The molecular weight excluding hydrogens is 232 g/mol. The van der Waals surface area contributed by atoms with Crippen molar-refractivity contribution in [2.75, 3.05) is 0 Å². The molecule has 0 aliphatic heterocycles. The van der Waals surface area contributed by atoms with Crippen LogP contribution in [-0.4, -0.2) is 17.3 Å². The van der Waals surface area contributed by atoms with Crippen molar-refractivity contribution in [3.05, 3.63) is 21.9 Å². The third-order valence-corrected chi connectivity index (χ3v) is 4.28. The summed E-state index contributed by atoms with van der Waals surface area (Å²) in [4.78, 5) is 1.92. The predicted octanol–water partition coefficient (Wildman–Crippen LogP) is 2.40. The number of hydrogen-bond acceptors (Lipinski definition) is 4. The summed E-state index contributed by atoms with van der Waals surface area (Å²) in [6.45, 7) is 0.758. The quantitative estimate of drug-likeness (QED) is 0.810. The zero-order chi connectivity index (χ0) is 12.1. The van der Waals surface area contributed by atoms with E-state index in [1.165, 1.54) is 24.2 Å². The standard InChI is InChI=1S/C13H18N2OS/c14-8-10-6-7-11(17-10)9-15-12-4-2-1-3-5-13(12)16/h6-7,12-13,15-16H,1-5,9H2. The summed E-state index contributed by atoms with van der Waals surface area (Å²) >= 11 is 1.52. The molecule has 1 saturated carbocycles. The summed E-state index contributed by atoms with van der Waals surface area (Å²) in [5.74, 6) is 0. The highest BCUT2D eigenvalue weighted by Crippen LogP contribution is 2.20. The number of nitriles is 1. The van der Waals surface area contributed by atoms with Gasteiger partial charge in [0.1, 0.15) is 10.9 Å². The van der Waals surface area contributed by atoms with Gasteiger partial charge in [0, 0.05) is 17.5 Å². The van der Waals surface area contributed by atoms with Crippen LogP contribution in [0.15, 0.2) is 12.1 Å². The number of aliphatic hydroxyl groups excluding tert-OH is 1. The topological polar surface area (TPSA) is 56.0 Å². The van der Waals surface area contributed by atoms with Crippen molar-refractivity contribution in [1.82, 2.24) is 5.32 Å². The lowest BCUT2D eigenvalue weighted by Crippen LogP contribution is -2.38. The Bertz CT molecular complexity index is 396. The van der Waals surface area contributed by atoms with Gasteiger partial charge in [-0.05, 0) is 25.0 Å². The van der Waals surface area contributed by atoms with Crippen molar-refractivity contribution >= 4 is 11.3 Å². The van der Waals surface area contributed by atoms with Crippen molar-refractivity contribution in [1.29, 1.82) is 5.26 Å². The molecule has 0 bridgehead atoms. The van der Waals surface area contributed by atoms with E-state index in [-0.39, 0.29) is 12.1 Å². The molecule has 0 saturated heterocycles. The number of aliphatic hydroxyl groups is 1. The van der Waals surface area contributed by atoms with Gasteiger partial charge in [0.05, 0.1) is 6.10 Å². The van der Waals surface area contributed by atoms with Gasteiger partial charge in [-0.25, -0.2) is 0 Å². The Kier molecular flexibility index (Phi) is 4.55. The molecule has 2 unspecified atom stereocenters. The summed E-state index contributed by atoms with van der Waals surface area (Å²) in [6, 6.07) is 6.20. The van der Waals surface area contributed by atoms with Gasteiger partial charge < -0.3 is 10.4 Å². The van der Waals surface area contributed by atoms with Gasteiger partial charge in [0.25, 0.3) is 0 Å². The van der Waals surface area contributed by atoms with Crippen LogP contribution in [0.25, 0.3) is 0 Å². The molecule has 92 valence electrons. The Balaban J connectivity index is 1.86. The van der Waals surface area contributed by atoms with Gasteiger partial charge in [-0.2, -0.15) is 5.26 Å². The van der Waals surface area contributed by atoms with Crippen molar-refractivity contribution in [3.63, 3.8) is 0 Å². The van der Waals surface area contributed by atoms with Crippen LogP contribution in [0, 0.1) is 11.3 Å². The molecule has 2 N–H and O–H groups in total. The van der Waals surface area contributed by atoms with E-state index in [1.54, 1.807) is 0 Å². The van der Waals surface area contributed by atoms with Crippen LogP contribution in [0.5, 0.6) is 0 Å². The maximum atomic E-state index is 9.97. The van der Waals surface area contributed by atoms with E-state index in [0.717, 1.165) is 35.6 Å². The van der Waals surface area contributed by atoms with E-state index in [1.807, 2.05) is 12.1 Å². The Morgan fingerprint density at radius 2 is 2.18 bits per heavy atom. The number of thiophene rings is 1. The lowest BCUT2D eigenvalue weighted by atomic mass is 10.1. The molecule has 2 atom stereocenters. The van der Waals surface area contributed by atoms with E-state index in [4.69, 9.17) is 5.26 Å². The smallest absolute Gasteiger partial charge is 0.110 e. The monoisotopic (exact) mass is 250 g/mol. The molecule has 4 heteroatoms. The molecule has 2 rings (SSSR count). The van der Waals surface area contributed by atoms with Gasteiger partial charge in [-0.15, -0.1) is 11.3 Å². The molecule has 1 heterocycles. The Labute approximate surface area is 106 Å². The third kappa shape index (κ3) is 3.53. The van der Waals surface area contributed by atoms with Gasteiger partial charge in [0.2, 0.25) is 0 Å². The molecule has 1 aromatic heterocycles. The van der Waals surface area contributed by atoms with E-state index < -0.39 is 0 Å². The fourth-order valence-electron chi connectivity index (χ4n) is 2.29. The summed E-state index contributed by atoms with van der Waals surface area (Å²) in [5.41, 5.74) is 0. The van der Waals surface area contributed by atoms with Gasteiger partial charge >= 0.3 is 0 Å². The second kappa shape index (κ2) is 6.15. The summed E-state index contributed by atoms with van der Waals surface area (Å²) in [6.07, 6.45) is 5.31. The normalized spacial score (nSPS) is 25.2. The molecule has 1 aromatic rings. The second-order valence-corrected chi connectivity index (χ2v) is 5.74. The average molecular weight is 250 g/mol.